The first-order valence-corrected chi connectivity index (χ1v) is 5.44. The lowest BCUT2D eigenvalue weighted by molar-refractivity contribution is -0.143. The summed E-state index contributed by atoms with van der Waals surface area (Å²) >= 11 is 0. The fourth-order valence-corrected chi connectivity index (χ4v) is 1.72. The molecule has 0 amide bonds. The first kappa shape index (κ1) is 14.6. The van der Waals surface area contributed by atoms with Gasteiger partial charge in [-0.05, 0) is 24.3 Å². The lowest BCUT2D eigenvalue weighted by Gasteiger charge is -2.11. The molecule has 1 aromatic carbocycles. The Balaban J connectivity index is 2.59. The summed E-state index contributed by atoms with van der Waals surface area (Å²) in [5, 5.41) is 20.9. The normalized spacial score (nSPS) is 11.4. The Labute approximate surface area is 115 Å². The molecule has 0 spiro atoms. The van der Waals surface area contributed by atoms with Gasteiger partial charge in [0, 0.05) is 0 Å². The van der Waals surface area contributed by atoms with Crippen LogP contribution in [0.3, 0.4) is 0 Å². The molecule has 0 saturated carbocycles. The smallest absolute Gasteiger partial charge is 0.434 e. The van der Waals surface area contributed by atoms with Crippen molar-refractivity contribution in [2.45, 2.75) is 6.18 Å². The summed E-state index contributed by atoms with van der Waals surface area (Å²) in [7, 11) is 0. The minimum atomic E-state index is -4.92. The number of aromatic carboxylic acids is 2. The fourth-order valence-electron chi connectivity index (χ4n) is 1.72. The molecule has 0 unspecified atom stereocenters. The maximum Gasteiger partial charge on any atom is 0.434 e. The summed E-state index contributed by atoms with van der Waals surface area (Å²) in [6.45, 7) is 0. The van der Waals surface area contributed by atoms with Crippen molar-refractivity contribution in [3.8, 4) is 5.69 Å². The first-order valence-electron chi connectivity index (χ1n) is 5.44. The van der Waals surface area contributed by atoms with E-state index in [9.17, 15) is 22.8 Å². The number of benzene rings is 1. The maximum absolute atomic E-state index is 13.0. The van der Waals surface area contributed by atoms with Gasteiger partial charge < -0.3 is 10.2 Å². The molecule has 2 aromatic rings. The van der Waals surface area contributed by atoms with Crippen LogP contribution in [0.15, 0.2) is 30.5 Å². The number of carbonyl (C=O) groups is 2. The van der Waals surface area contributed by atoms with Crippen molar-refractivity contribution in [3.63, 3.8) is 0 Å². The Kier molecular flexibility index (Phi) is 3.42. The van der Waals surface area contributed by atoms with Crippen molar-refractivity contribution >= 4 is 11.9 Å². The van der Waals surface area contributed by atoms with Gasteiger partial charge in [-0.25, -0.2) is 14.3 Å². The van der Waals surface area contributed by atoms with Gasteiger partial charge in [0.15, 0.2) is 5.69 Å². The number of carboxylic acids is 2. The Morgan fingerprint density at radius 3 is 2.05 bits per heavy atom. The second-order valence-electron chi connectivity index (χ2n) is 3.97. The minimum absolute atomic E-state index is 0.0974. The lowest BCUT2D eigenvalue weighted by atomic mass is 10.2. The molecule has 0 atom stereocenters. The zero-order chi connectivity index (χ0) is 15.8. The van der Waals surface area contributed by atoms with Gasteiger partial charge in [-0.3, -0.25) is 0 Å². The highest BCUT2D eigenvalue weighted by Gasteiger charge is 2.40. The molecule has 0 aliphatic carbocycles. The second kappa shape index (κ2) is 4.93. The number of hydrogen-bond acceptors (Lipinski definition) is 3. The van der Waals surface area contributed by atoms with Crippen LogP contribution in [-0.2, 0) is 6.18 Å². The summed E-state index contributed by atoms with van der Waals surface area (Å²) in [4.78, 5) is 21.5. The molecule has 21 heavy (non-hydrogen) atoms. The van der Waals surface area contributed by atoms with Crippen molar-refractivity contribution in [2.75, 3.05) is 0 Å². The molecule has 0 saturated heterocycles. The number of aromatic nitrogens is 2. The van der Waals surface area contributed by atoms with Gasteiger partial charge in [0.1, 0.15) is 5.56 Å². The first-order chi connectivity index (χ1) is 9.71. The van der Waals surface area contributed by atoms with Crippen LogP contribution < -0.4 is 0 Å². The number of carboxylic acid groups (broad SMARTS) is 2. The minimum Gasteiger partial charge on any atom is -0.478 e. The van der Waals surface area contributed by atoms with E-state index in [2.05, 4.69) is 5.10 Å². The maximum atomic E-state index is 13.0. The quantitative estimate of drug-likeness (QED) is 0.907. The third-order valence-corrected chi connectivity index (χ3v) is 2.63. The van der Waals surface area contributed by atoms with Gasteiger partial charge in [0.25, 0.3) is 0 Å². The Morgan fingerprint density at radius 2 is 1.62 bits per heavy atom. The van der Waals surface area contributed by atoms with Gasteiger partial charge in [-0.2, -0.15) is 18.3 Å². The number of nitrogens with zero attached hydrogens (tertiary/aromatic N) is 2. The van der Waals surface area contributed by atoms with E-state index in [0.717, 1.165) is 24.3 Å². The molecule has 0 aliphatic heterocycles. The molecule has 0 fully saturated rings. The van der Waals surface area contributed by atoms with Gasteiger partial charge in [0.2, 0.25) is 0 Å². The van der Waals surface area contributed by atoms with E-state index in [-0.39, 0.29) is 11.3 Å². The third-order valence-electron chi connectivity index (χ3n) is 2.63. The predicted octanol–water partition coefficient (Wildman–Crippen LogP) is 2.29. The molecule has 110 valence electrons. The summed E-state index contributed by atoms with van der Waals surface area (Å²) in [5.41, 5.74) is -2.62. The van der Waals surface area contributed by atoms with E-state index < -0.39 is 29.4 Å². The van der Waals surface area contributed by atoms with Crippen LogP contribution >= 0.6 is 0 Å². The van der Waals surface area contributed by atoms with E-state index >= 15 is 0 Å². The van der Waals surface area contributed by atoms with Crippen LogP contribution in [0.5, 0.6) is 0 Å². The Hall–Kier alpha value is -2.84. The second-order valence-corrected chi connectivity index (χ2v) is 3.97. The Morgan fingerprint density at radius 1 is 1.05 bits per heavy atom. The van der Waals surface area contributed by atoms with Gasteiger partial charge >= 0.3 is 18.1 Å². The van der Waals surface area contributed by atoms with Crippen molar-refractivity contribution < 1.29 is 33.0 Å². The highest BCUT2D eigenvalue weighted by atomic mass is 19.4. The van der Waals surface area contributed by atoms with E-state index in [1.54, 1.807) is 0 Å². The van der Waals surface area contributed by atoms with Crippen LogP contribution in [0, 0.1) is 0 Å². The van der Waals surface area contributed by atoms with Crippen molar-refractivity contribution in [1.29, 1.82) is 0 Å². The third kappa shape index (κ3) is 2.71. The summed E-state index contributed by atoms with van der Waals surface area (Å²) < 4.78 is 39.3. The van der Waals surface area contributed by atoms with E-state index in [0.29, 0.717) is 10.9 Å². The summed E-state index contributed by atoms with van der Waals surface area (Å²) in [6, 6.07) is 4.41. The molecule has 0 radical (unpaired) electrons. The molecule has 2 N–H and O–H groups in total. The molecule has 1 heterocycles. The highest BCUT2D eigenvalue weighted by molar-refractivity contribution is 5.89. The molecule has 0 aliphatic rings. The monoisotopic (exact) mass is 300 g/mol. The van der Waals surface area contributed by atoms with Gasteiger partial charge in [0.05, 0.1) is 17.4 Å². The van der Waals surface area contributed by atoms with Crippen molar-refractivity contribution in [1.82, 2.24) is 9.78 Å². The molecule has 2 rings (SSSR count). The van der Waals surface area contributed by atoms with Gasteiger partial charge in [-0.15, -0.1) is 0 Å². The highest BCUT2D eigenvalue weighted by Crippen LogP contribution is 2.33. The number of halogens is 3. The molecule has 0 bridgehead atoms. The average molecular weight is 300 g/mol. The lowest BCUT2D eigenvalue weighted by Crippen LogP contribution is -2.17. The zero-order valence-corrected chi connectivity index (χ0v) is 10.1. The largest absolute Gasteiger partial charge is 0.478 e. The number of rotatable bonds is 3. The van der Waals surface area contributed by atoms with E-state index in [4.69, 9.17) is 10.2 Å². The van der Waals surface area contributed by atoms with E-state index in [1.807, 2.05) is 0 Å². The van der Waals surface area contributed by atoms with Crippen LogP contribution in [0.4, 0.5) is 13.2 Å². The molecule has 6 nitrogen and oxygen atoms in total. The zero-order valence-electron chi connectivity index (χ0n) is 10.1. The fraction of sp³-hybridized carbons (Fsp3) is 0.0833. The van der Waals surface area contributed by atoms with Crippen molar-refractivity contribution in [2.24, 2.45) is 0 Å². The molecule has 9 heteroatoms. The Bertz CT molecular complexity index is 704. The van der Waals surface area contributed by atoms with E-state index in [1.165, 1.54) is 0 Å². The SMILES string of the molecule is O=C(O)c1ccc(-n2ncc(C(=O)O)c2C(F)(F)F)cc1. The average Bonchev–Trinajstić information content (AvgIpc) is 2.83. The van der Waals surface area contributed by atoms with Crippen LogP contribution in [0.25, 0.3) is 5.69 Å². The summed E-state index contributed by atoms with van der Waals surface area (Å²) in [5.74, 6) is -2.99. The van der Waals surface area contributed by atoms with Crippen LogP contribution in [0.1, 0.15) is 26.4 Å². The molecular formula is C12H7F3N2O4. The number of alkyl halides is 3. The predicted molar refractivity (Wildman–Crippen MR) is 62.5 cm³/mol. The molecular weight excluding hydrogens is 293 g/mol. The molecule has 1 aromatic heterocycles. The topological polar surface area (TPSA) is 92.4 Å². The van der Waals surface area contributed by atoms with Crippen molar-refractivity contribution in [3.05, 3.63) is 47.3 Å². The van der Waals surface area contributed by atoms with Crippen LogP contribution in [0.2, 0.25) is 0 Å². The van der Waals surface area contributed by atoms with Crippen LogP contribution in [-0.4, -0.2) is 31.9 Å². The summed E-state index contributed by atoms with van der Waals surface area (Å²) in [6.07, 6.45) is -4.33. The number of hydrogen-bond donors (Lipinski definition) is 2. The standard InChI is InChI=1S/C12H7F3N2O4/c13-12(14,15)9-8(11(20)21)5-16-17(9)7-3-1-6(2-4-7)10(18)19/h1-5H,(H,18,19)(H,20,21). The van der Waals surface area contributed by atoms with Gasteiger partial charge in [-0.1, -0.05) is 0 Å².